The average molecular weight is 345 g/mol. The Morgan fingerprint density at radius 3 is 2.32 bits per heavy atom. The highest BCUT2D eigenvalue weighted by Crippen LogP contribution is 2.14. The van der Waals surface area contributed by atoms with Crippen LogP contribution in [0.25, 0.3) is 11.0 Å². The molecule has 0 atom stereocenters. The average Bonchev–Trinajstić information content (AvgIpc) is 2.98. The fourth-order valence-corrected chi connectivity index (χ4v) is 2.98. The lowest BCUT2D eigenvalue weighted by Gasteiger charge is -2.08. The highest BCUT2D eigenvalue weighted by atomic mass is 16.1. The molecule has 0 fully saturated rings. The second-order valence-electron chi connectivity index (χ2n) is 7.03. The molecule has 0 unspecified atom stereocenters. The van der Waals surface area contributed by atoms with Crippen LogP contribution in [0.2, 0.25) is 0 Å². The summed E-state index contributed by atoms with van der Waals surface area (Å²) in [6, 6.07) is 7.78. The fourth-order valence-electron chi connectivity index (χ4n) is 2.98. The van der Waals surface area contributed by atoms with E-state index >= 15 is 0 Å². The molecular weight excluding hydrogens is 312 g/mol. The fraction of sp³-hybridized carbons (Fsp3) is 0.600. The minimum absolute atomic E-state index is 0.0442. The lowest BCUT2D eigenvalue weighted by Crippen LogP contribution is -2.12. The highest BCUT2D eigenvalue weighted by Gasteiger charge is 2.06. The van der Waals surface area contributed by atoms with Crippen molar-refractivity contribution in [3.05, 3.63) is 24.3 Å². The van der Waals surface area contributed by atoms with E-state index in [1.807, 2.05) is 24.3 Å². The number of fused-ring (bicyclic) bond motifs is 1. The molecule has 25 heavy (non-hydrogen) atoms. The molecule has 2 N–H and O–H groups in total. The van der Waals surface area contributed by atoms with Crippen molar-refractivity contribution in [1.82, 2.24) is 14.9 Å². The maximum Gasteiger partial charge on any atom is 0.226 e. The van der Waals surface area contributed by atoms with Gasteiger partial charge in [-0.05, 0) is 45.6 Å². The van der Waals surface area contributed by atoms with E-state index in [0.717, 1.165) is 23.9 Å². The number of nitrogens with one attached hydrogen (secondary N) is 2. The van der Waals surface area contributed by atoms with Crippen molar-refractivity contribution in [2.45, 2.75) is 57.8 Å². The van der Waals surface area contributed by atoms with E-state index in [2.05, 4.69) is 34.3 Å². The van der Waals surface area contributed by atoms with Crippen LogP contribution in [-0.2, 0) is 4.79 Å². The SMILES string of the molecule is CN(C)CCCCCCCCCCC(=O)Nc1nc2ccccc2[nH]1. The van der Waals surface area contributed by atoms with Crippen molar-refractivity contribution < 1.29 is 4.79 Å². The molecule has 0 aliphatic heterocycles. The van der Waals surface area contributed by atoms with Crippen molar-refractivity contribution in [3.8, 4) is 0 Å². The Bertz CT molecular complexity index is 602. The van der Waals surface area contributed by atoms with Gasteiger partial charge in [0, 0.05) is 6.42 Å². The summed E-state index contributed by atoms with van der Waals surface area (Å²) in [6.45, 7) is 1.19. The van der Waals surface area contributed by atoms with Crippen LogP contribution in [0.1, 0.15) is 57.8 Å². The van der Waals surface area contributed by atoms with Crippen LogP contribution in [0.5, 0.6) is 0 Å². The van der Waals surface area contributed by atoms with Crippen molar-refractivity contribution in [2.75, 3.05) is 26.0 Å². The van der Waals surface area contributed by atoms with Crippen LogP contribution in [0.4, 0.5) is 5.95 Å². The zero-order valence-corrected chi connectivity index (χ0v) is 15.7. The molecule has 0 aliphatic rings. The van der Waals surface area contributed by atoms with Gasteiger partial charge in [-0.3, -0.25) is 10.1 Å². The molecule has 0 aliphatic carbocycles. The summed E-state index contributed by atoms with van der Waals surface area (Å²) in [7, 11) is 4.26. The van der Waals surface area contributed by atoms with E-state index in [0.29, 0.717) is 12.4 Å². The summed E-state index contributed by atoms with van der Waals surface area (Å²) in [5, 5.41) is 2.86. The third kappa shape index (κ3) is 7.69. The Balaban J connectivity index is 1.48. The minimum Gasteiger partial charge on any atom is -0.324 e. The Labute approximate surface area is 151 Å². The first-order valence-corrected chi connectivity index (χ1v) is 9.54. The van der Waals surface area contributed by atoms with Gasteiger partial charge < -0.3 is 9.88 Å². The van der Waals surface area contributed by atoms with E-state index in [-0.39, 0.29) is 5.91 Å². The molecule has 2 aromatic rings. The lowest BCUT2D eigenvalue weighted by molar-refractivity contribution is -0.116. The van der Waals surface area contributed by atoms with Crippen LogP contribution >= 0.6 is 0 Å². The first-order valence-electron chi connectivity index (χ1n) is 9.54. The summed E-state index contributed by atoms with van der Waals surface area (Å²) in [4.78, 5) is 21.7. The topological polar surface area (TPSA) is 61.0 Å². The highest BCUT2D eigenvalue weighted by molar-refractivity contribution is 5.90. The number of hydrogen-bond acceptors (Lipinski definition) is 3. The number of para-hydroxylation sites is 2. The zero-order valence-electron chi connectivity index (χ0n) is 15.7. The molecule has 0 spiro atoms. The molecule has 2 rings (SSSR count). The predicted octanol–water partition coefficient (Wildman–Crippen LogP) is 4.57. The monoisotopic (exact) mass is 344 g/mol. The third-order valence-corrected chi connectivity index (χ3v) is 4.41. The van der Waals surface area contributed by atoms with Crippen molar-refractivity contribution >= 4 is 22.9 Å². The summed E-state index contributed by atoms with van der Waals surface area (Å²) >= 11 is 0. The first kappa shape index (κ1) is 19.4. The second kappa shape index (κ2) is 10.9. The molecule has 0 radical (unpaired) electrons. The van der Waals surface area contributed by atoms with E-state index in [4.69, 9.17) is 0 Å². The molecule has 5 nitrogen and oxygen atoms in total. The molecule has 5 heteroatoms. The van der Waals surface area contributed by atoms with E-state index in [1.165, 1.54) is 45.1 Å². The number of H-pyrrole nitrogens is 1. The lowest BCUT2D eigenvalue weighted by atomic mass is 10.1. The first-order chi connectivity index (χ1) is 12.1. The van der Waals surface area contributed by atoms with Crippen LogP contribution in [0, 0.1) is 0 Å². The summed E-state index contributed by atoms with van der Waals surface area (Å²) in [6.07, 6.45) is 10.4. The molecule has 1 heterocycles. The maximum absolute atomic E-state index is 12.0. The molecule has 1 amide bonds. The van der Waals surface area contributed by atoms with Gasteiger partial charge >= 0.3 is 0 Å². The standard InChI is InChI=1S/C20H32N4O/c1-24(2)16-12-8-6-4-3-5-7-9-15-19(25)23-20-21-17-13-10-11-14-18(17)22-20/h10-11,13-14H,3-9,12,15-16H2,1-2H3,(H2,21,22,23,25). The molecule has 0 bridgehead atoms. The van der Waals surface area contributed by atoms with Gasteiger partial charge in [0.05, 0.1) is 11.0 Å². The van der Waals surface area contributed by atoms with Crippen LogP contribution < -0.4 is 5.32 Å². The Morgan fingerprint density at radius 1 is 1.00 bits per heavy atom. The van der Waals surface area contributed by atoms with Gasteiger partial charge in [0.25, 0.3) is 0 Å². The minimum atomic E-state index is 0.0442. The van der Waals surface area contributed by atoms with Crippen LogP contribution in [-0.4, -0.2) is 41.4 Å². The second-order valence-corrected chi connectivity index (χ2v) is 7.03. The largest absolute Gasteiger partial charge is 0.324 e. The van der Waals surface area contributed by atoms with E-state index in [1.54, 1.807) is 0 Å². The van der Waals surface area contributed by atoms with Crippen LogP contribution in [0.15, 0.2) is 24.3 Å². The number of aromatic nitrogens is 2. The maximum atomic E-state index is 12.0. The molecule has 0 saturated carbocycles. The number of anilines is 1. The number of carbonyl (C=O) groups excluding carboxylic acids is 1. The molecule has 1 aromatic carbocycles. The molecule has 138 valence electrons. The summed E-state index contributed by atoms with van der Waals surface area (Å²) < 4.78 is 0. The van der Waals surface area contributed by atoms with Gasteiger partial charge in [0.15, 0.2) is 0 Å². The predicted molar refractivity (Wildman–Crippen MR) is 105 cm³/mol. The van der Waals surface area contributed by atoms with Crippen molar-refractivity contribution in [3.63, 3.8) is 0 Å². The van der Waals surface area contributed by atoms with E-state index < -0.39 is 0 Å². The van der Waals surface area contributed by atoms with Gasteiger partial charge in [-0.15, -0.1) is 0 Å². The molecular formula is C20H32N4O. The van der Waals surface area contributed by atoms with E-state index in [9.17, 15) is 4.79 Å². The van der Waals surface area contributed by atoms with Gasteiger partial charge in [-0.25, -0.2) is 4.98 Å². The number of amides is 1. The third-order valence-electron chi connectivity index (χ3n) is 4.41. The smallest absolute Gasteiger partial charge is 0.226 e. The Kier molecular flexibility index (Phi) is 8.46. The summed E-state index contributed by atoms with van der Waals surface area (Å²) in [5.41, 5.74) is 1.83. The van der Waals surface area contributed by atoms with Crippen LogP contribution in [0.3, 0.4) is 0 Å². The molecule has 0 saturated heterocycles. The number of nitrogens with zero attached hydrogens (tertiary/aromatic N) is 2. The Morgan fingerprint density at radius 2 is 1.64 bits per heavy atom. The number of benzene rings is 1. The number of imidazole rings is 1. The van der Waals surface area contributed by atoms with Gasteiger partial charge in [0.1, 0.15) is 0 Å². The number of aromatic amines is 1. The zero-order chi connectivity index (χ0) is 17.9. The Hall–Kier alpha value is -1.88. The van der Waals surface area contributed by atoms with Crippen molar-refractivity contribution in [2.24, 2.45) is 0 Å². The summed E-state index contributed by atoms with van der Waals surface area (Å²) in [5.74, 6) is 0.590. The number of carbonyl (C=O) groups is 1. The number of hydrogen-bond donors (Lipinski definition) is 2. The van der Waals surface area contributed by atoms with Gasteiger partial charge in [0.2, 0.25) is 11.9 Å². The quantitative estimate of drug-likeness (QED) is 0.554. The number of rotatable bonds is 12. The van der Waals surface area contributed by atoms with Gasteiger partial charge in [-0.1, -0.05) is 50.7 Å². The molecule has 1 aromatic heterocycles. The number of unbranched alkanes of at least 4 members (excludes halogenated alkanes) is 7. The normalized spacial score (nSPS) is 11.3. The van der Waals surface area contributed by atoms with Gasteiger partial charge in [-0.2, -0.15) is 0 Å². The van der Waals surface area contributed by atoms with Crippen molar-refractivity contribution in [1.29, 1.82) is 0 Å².